The maximum absolute atomic E-state index is 6.22. The van der Waals surface area contributed by atoms with Crippen LogP contribution in [0.4, 0.5) is 0 Å². The zero-order chi connectivity index (χ0) is 16.1. The Hall–Kier alpha value is -1.66. The van der Waals surface area contributed by atoms with Crippen LogP contribution in [0.15, 0.2) is 47.1 Å². The number of benzene rings is 1. The van der Waals surface area contributed by atoms with Gasteiger partial charge in [-0.3, -0.25) is 0 Å². The van der Waals surface area contributed by atoms with Gasteiger partial charge in [0.2, 0.25) is 5.72 Å². The molecule has 0 amide bonds. The van der Waals surface area contributed by atoms with E-state index >= 15 is 0 Å². The number of rotatable bonds is 8. The summed E-state index contributed by atoms with van der Waals surface area (Å²) in [4.78, 5) is 0. The molecule has 6 heteroatoms. The van der Waals surface area contributed by atoms with Crippen molar-refractivity contribution < 1.29 is 9.15 Å². The molecule has 1 unspecified atom stereocenters. The van der Waals surface area contributed by atoms with Gasteiger partial charge in [0.15, 0.2) is 5.76 Å². The minimum atomic E-state index is -0.767. The predicted molar refractivity (Wildman–Crippen MR) is 92.6 cm³/mol. The number of hydrogen-bond acceptors (Lipinski definition) is 4. The molecular weight excluding hydrogens is 358 g/mol. The molecule has 0 saturated carbocycles. The number of alkyl halides is 1. The van der Waals surface area contributed by atoms with Gasteiger partial charge in [0.25, 0.3) is 0 Å². The zero-order valence-corrected chi connectivity index (χ0v) is 14.7. The first-order valence-electron chi connectivity index (χ1n) is 7.86. The molecule has 0 radical (unpaired) electrons. The van der Waals surface area contributed by atoms with E-state index in [9.17, 15) is 0 Å². The quantitative estimate of drug-likeness (QED) is 0.433. The summed E-state index contributed by atoms with van der Waals surface area (Å²) in [6.45, 7) is 2.55. The van der Waals surface area contributed by atoms with E-state index in [1.807, 2.05) is 48.0 Å². The number of halogens is 1. The fourth-order valence-electron chi connectivity index (χ4n) is 2.87. The zero-order valence-electron chi connectivity index (χ0n) is 13.1. The molecular formula is C17H20BrN3O2. The SMILES string of the molecule is CCOC(CCCCBr)(c1ccco1)n1nnc2ccccc21. The number of ether oxygens (including phenoxy) is 1. The number of fused-ring (bicyclic) bond motifs is 1. The first-order valence-corrected chi connectivity index (χ1v) is 8.99. The van der Waals surface area contributed by atoms with Crippen molar-refractivity contribution >= 4 is 27.0 Å². The van der Waals surface area contributed by atoms with Gasteiger partial charge in [0.05, 0.1) is 11.8 Å². The summed E-state index contributed by atoms with van der Waals surface area (Å²) in [5, 5.41) is 9.64. The minimum absolute atomic E-state index is 0.559. The third kappa shape index (κ3) is 3.05. The number of furan rings is 1. The van der Waals surface area contributed by atoms with Gasteiger partial charge in [-0.05, 0) is 44.0 Å². The summed E-state index contributed by atoms with van der Waals surface area (Å²) in [5.74, 6) is 0.754. The summed E-state index contributed by atoms with van der Waals surface area (Å²) in [5.41, 5.74) is 1.02. The van der Waals surface area contributed by atoms with E-state index < -0.39 is 5.72 Å². The Morgan fingerprint density at radius 2 is 2.09 bits per heavy atom. The highest BCUT2D eigenvalue weighted by atomic mass is 79.9. The smallest absolute Gasteiger partial charge is 0.221 e. The molecule has 122 valence electrons. The van der Waals surface area contributed by atoms with E-state index in [4.69, 9.17) is 9.15 Å². The van der Waals surface area contributed by atoms with Crippen molar-refractivity contribution in [1.82, 2.24) is 15.0 Å². The molecule has 0 N–H and O–H groups in total. The third-order valence-corrected chi connectivity index (χ3v) is 4.44. The summed E-state index contributed by atoms with van der Waals surface area (Å²) in [7, 11) is 0. The highest BCUT2D eigenvalue weighted by molar-refractivity contribution is 9.09. The van der Waals surface area contributed by atoms with Crippen LogP contribution in [-0.2, 0) is 10.5 Å². The van der Waals surface area contributed by atoms with Gasteiger partial charge in [0.1, 0.15) is 5.52 Å². The minimum Gasteiger partial charge on any atom is -0.464 e. The van der Waals surface area contributed by atoms with Crippen LogP contribution in [0.1, 0.15) is 31.9 Å². The lowest BCUT2D eigenvalue weighted by Crippen LogP contribution is -2.39. The highest BCUT2D eigenvalue weighted by Gasteiger charge is 2.40. The van der Waals surface area contributed by atoms with Crippen molar-refractivity contribution in [2.45, 2.75) is 31.9 Å². The lowest BCUT2D eigenvalue weighted by molar-refractivity contribution is -0.0963. The molecule has 0 aliphatic heterocycles. The van der Waals surface area contributed by atoms with Crippen molar-refractivity contribution in [3.05, 3.63) is 48.4 Å². The van der Waals surface area contributed by atoms with Crippen molar-refractivity contribution in [3.63, 3.8) is 0 Å². The van der Waals surface area contributed by atoms with Gasteiger partial charge in [-0.2, -0.15) is 0 Å². The number of unbranched alkanes of at least 4 members (excludes halogenated alkanes) is 1. The maximum atomic E-state index is 6.22. The Balaban J connectivity index is 2.13. The molecule has 23 heavy (non-hydrogen) atoms. The topological polar surface area (TPSA) is 53.1 Å². The number of para-hydroxylation sites is 1. The monoisotopic (exact) mass is 377 g/mol. The Bertz CT molecular complexity index is 741. The first-order chi connectivity index (χ1) is 11.3. The molecule has 5 nitrogen and oxygen atoms in total. The fraction of sp³-hybridized carbons (Fsp3) is 0.412. The van der Waals surface area contributed by atoms with Crippen molar-refractivity contribution in [3.8, 4) is 0 Å². The van der Waals surface area contributed by atoms with Crippen molar-refractivity contribution in [2.75, 3.05) is 11.9 Å². The van der Waals surface area contributed by atoms with E-state index in [-0.39, 0.29) is 0 Å². The van der Waals surface area contributed by atoms with Crippen molar-refractivity contribution in [1.29, 1.82) is 0 Å². The van der Waals surface area contributed by atoms with Crippen LogP contribution in [0.2, 0.25) is 0 Å². The van der Waals surface area contributed by atoms with Crippen LogP contribution in [0.3, 0.4) is 0 Å². The van der Waals surface area contributed by atoms with Crippen molar-refractivity contribution in [2.24, 2.45) is 0 Å². The molecule has 0 bridgehead atoms. The first kappa shape index (κ1) is 16.2. The summed E-state index contributed by atoms with van der Waals surface area (Å²) >= 11 is 3.49. The number of aromatic nitrogens is 3. The third-order valence-electron chi connectivity index (χ3n) is 3.88. The van der Waals surface area contributed by atoms with Crippen LogP contribution in [0.25, 0.3) is 11.0 Å². The lowest BCUT2D eigenvalue weighted by Gasteiger charge is -2.32. The average molecular weight is 378 g/mol. The Morgan fingerprint density at radius 3 is 2.83 bits per heavy atom. The second-order valence-electron chi connectivity index (χ2n) is 5.33. The predicted octanol–water partition coefficient (Wildman–Crippen LogP) is 4.33. The number of nitrogens with zero attached hydrogens (tertiary/aromatic N) is 3. The van der Waals surface area contributed by atoms with Crippen LogP contribution in [0.5, 0.6) is 0 Å². The lowest BCUT2D eigenvalue weighted by atomic mass is 10.0. The normalized spacial score (nSPS) is 14.2. The van der Waals surface area contributed by atoms with Gasteiger partial charge >= 0.3 is 0 Å². The molecule has 1 atom stereocenters. The summed E-state index contributed by atoms with van der Waals surface area (Å²) < 4.78 is 13.8. The second-order valence-corrected chi connectivity index (χ2v) is 6.12. The fourth-order valence-corrected chi connectivity index (χ4v) is 3.27. The van der Waals surface area contributed by atoms with Crippen LogP contribution in [0, 0.1) is 0 Å². The molecule has 1 aromatic carbocycles. The Labute approximate surface area is 143 Å². The second kappa shape index (κ2) is 7.27. The number of hydrogen-bond donors (Lipinski definition) is 0. The van der Waals surface area contributed by atoms with Gasteiger partial charge in [-0.1, -0.05) is 33.3 Å². The van der Waals surface area contributed by atoms with Crippen LogP contribution in [-0.4, -0.2) is 26.9 Å². The molecule has 3 aromatic rings. The average Bonchev–Trinajstić information content (AvgIpc) is 3.24. The largest absolute Gasteiger partial charge is 0.464 e. The van der Waals surface area contributed by atoms with E-state index in [1.165, 1.54) is 0 Å². The molecule has 2 aromatic heterocycles. The molecule has 0 saturated heterocycles. The molecule has 0 aliphatic carbocycles. The maximum Gasteiger partial charge on any atom is 0.221 e. The molecule has 3 rings (SSSR count). The van der Waals surface area contributed by atoms with Gasteiger partial charge in [0, 0.05) is 18.4 Å². The van der Waals surface area contributed by atoms with E-state index in [1.54, 1.807) is 6.26 Å². The van der Waals surface area contributed by atoms with Gasteiger partial charge in [-0.15, -0.1) is 5.10 Å². The molecule has 0 aliphatic rings. The van der Waals surface area contributed by atoms with Crippen LogP contribution < -0.4 is 0 Å². The Kier molecular flexibility index (Phi) is 5.13. The molecule has 0 spiro atoms. The summed E-state index contributed by atoms with van der Waals surface area (Å²) in [6, 6.07) is 11.7. The van der Waals surface area contributed by atoms with Gasteiger partial charge in [-0.25, -0.2) is 4.68 Å². The summed E-state index contributed by atoms with van der Waals surface area (Å²) in [6.07, 6.45) is 4.49. The van der Waals surface area contributed by atoms with E-state index in [0.717, 1.165) is 41.4 Å². The molecule has 2 heterocycles. The molecule has 0 fully saturated rings. The Morgan fingerprint density at radius 1 is 1.22 bits per heavy atom. The van der Waals surface area contributed by atoms with E-state index in [0.29, 0.717) is 6.61 Å². The van der Waals surface area contributed by atoms with E-state index in [2.05, 4.69) is 26.2 Å². The van der Waals surface area contributed by atoms with Crippen LogP contribution >= 0.6 is 15.9 Å². The standard InChI is InChI=1S/C17H20BrN3O2/c1-2-23-17(11-5-6-12-18,16-10-7-13-22-16)21-15-9-4-3-8-14(15)19-20-21/h3-4,7-10,13H,2,5-6,11-12H2,1H3. The highest BCUT2D eigenvalue weighted by Crippen LogP contribution is 2.35. The van der Waals surface area contributed by atoms with Gasteiger partial charge < -0.3 is 9.15 Å².